The number of hydrogen-bond acceptors (Lipinski definition) is 4. The zero-order valence-corrected chi connectivity index (χ0v) is 12.3. The van der Waals surface area contributed by atoms with Gasteiger partial charge in [0.2, 0.25) is 5.91 Å². The van der Waals surface area contributed by atoms with Gasteiger partial charge < -0.3 is 10.1 Å². The Balaban J connectivity index is 2.26. The Kier molecular flexibility index (Phi) is 5.75. The van der Waals surface area contributed by atoms with Crippen LogP contribution in [0.15, 0.2) is 0 Å². The number of carbonyl (C=O) groups is 2. The van der Waals surface area contributed by atoms with Crippen LogP contribution >= 0.6 is 0 Å². The molecule has 0 unspecified atom stereocenters. The Morgan fingerprint density at radius 2 is 1.84 bits per heavy atom. The lowest BCUT2D eigenvalue weighted by Gasteiger charge is -2.30. The number of rotatable bonds is 3. The lowest BCUT2D eigenvalue weighted by molar-refractivity contribution is -0.121. The number of amides is 3. The highest BCUT2D eigenvalue weighted by Gasteiger charge is 2.21. The van der Waals surface area contributed by atoms with E-state index in [0.717, 1.165) is 25.9 Å². The van der Waals surface area contributed by atoms with Crippen molar-refractivity contribution in [3.8, 4) is 0 Å². The van der Waals surface area contributed by atoms with E-state index < -0.39 is 6.03 Å². The first-order valence-corrected chi connectivity index (χ1v) is 6.67. The number of urea groups is 1. The molecule has 6 nitrogen and oxygen atoms in total. The summed E-state index contributed by atoms with van der Waals surface area (Å²) in [5.74, 6) is -0.266. The van der Waals surface area contributed by atoms with Crippen molar-refractivity contribution in [1.82, 2.24) is 15.5 Å². The molecule has 0 radical (unpaired) electrons. The number of nitrogens with zero attached hydrogens (tertiary/aromatic N) is 1. The van der Waals surface area contributed by atoms with E-state index in [1.807, 2.05) is 25.7 Å². The van der Waals surface area contributed by atoms with Gasteiger partial charge in [0.15, 0.2) is 0 Å². The van der Waals surface area contributed by atoms with Crippen molar-refractivity contribution in [2.75, 3.05) is 26.7 Å². The molecule has 0 saturated carbocycles. The Morgan fingerprint density at radius 3 is 2.32 bits per heavy atom. The lowest BCUT2D eigenvalue weighted by Crippen LogP contribution is -2.51. The van der Waals surface area contributed by atoms with Gasteiger partial charge >= 0.3 is 6.03 Å². The third-order valence-corrected chi connectivity index (χ3v) is 2.98. The summed E-state index contributed by atoms with van der Waals surface area (Å²) in [5, 5.41) is 5.04. The van der Waals surface area contributed by atoms with Crippen LogP contribution in [-0.2, 0) is 9.53 Å². The minimum Gasteiger partial charge on any atom is -0.381 e. The monoisotopic (exact) mass is 271 g/mol. The smallest absolute Gasteiger partial charge is 0.321 e. The number of hydrogen-bond donors (Lipinski definition) is 2. The molecule has 0 aliphatic carbocycles. The molecule has 3 amide bonds. The molecule has 1 fully saturated rings. The van der Waals surface area contributed by atoms with Gasteiger partial charge in [-0.05, 0) is 33.6 Å². The Labute approximate surface area is 114 Å². The third kappa shape index (κ3) is 6.54. The molecule has 1 saturated heterocycles. The average molecular weight is 271 g/mol. The van der Waals surface area contributed by atoms with Crippen LogP contribution in [0.2, 0.25) is 0 Å². The van der Waals surface area contributed by atoms with Gasteiger partial charge in [-0.1, -0.05) is 0 Å². The largest absolute Gasteiger partial charge is 0.381 e. The first-order valence-electron chi connectivity index (χ1n) is 6.67. The number of piperidine rings is 1. The summed E-state index contributed by atoms with van der Waals surface area (Å²) < 4.78 is 5.27. The third-order valence-electron chi connectivity index (χ3n) is 2.98. The molecule has 0 spiro atoms. The van der Waals surface area contributed by atoms with Gasteiger partial charge in [0.25, 0.3) is 0 Å². The Hall–Kier alpha value is -1.14. The highest BCUT2D eigenvalue weighted by molar-refractivity contribution is 5.95. The lowest BCUT2D eigenvalue weighted by atomic mass is 10.1. The van der Waals surface area contributed by atoms with E-state index in [9.17, 15) is 9.59 Å². The summed E-state index contributed by atoms with van der Waals surface area (Å²) in [5.41, 5.74) is -0.346. The van der Waals surface area contributed by atoms with Crippen molar-refractivity contribution in [3.63, 3.8) is 0 Å². The van der Waals surface area contributed by atoms with Crippen molar-refractivity contribution in [2.45, 2.75) is 45.3 Å². The second-order valence-electron chi connectivity index (χ2n) is 5.96. The van der Waals surface area contributed by atoms with Crippen LogP contribution in [0.3, 0.4) is 0 Å². The molecule has 0 bridgehead atoms. The maximum absolute atomic E-state index is 11.7. The van der Waals surface area contributed by atoms with E-state index >= 15 is 0 Å². The van der Waals surface area contributed by atoms with Gasteiger partial charge in [0.1, 0.15) is 0 Å². The van der Waals surface area contributed by atoms with E-state index in [-0.39, 0.29) is 18.0 Å². The summed E-state index contributed by atoms with van der Waals surface area (Å²) in [4.78, 5) is 25.3. The van der Waals surface area contributed by atoms with Crippen LogP contribution in [0.1, 0.15) is 33.6 Å². The number of imide groups is 1. The minimum absolute atomic E-state index is 0.258. The predicted octanol–water partition coefficient (Wildman–Crippen LogP) is 0.722. The summed E-state index contributed by atoms with van der Waals surface area (Å²) in [6.45, 7) is 7.51. The van der Waals surface area contributed by atoms with Crippen LogP contribution in [0.25, 0.3) is 0 Å². The van der Waals surface area contributed by atoms with E-state index in [0.29, 0.717) is 6.10 Å². The molecule has 2 N–H and O–H groups in total. The maximum Gasteiger partial charge on any atom is 0.321 e. The molecule has 110 valence electrons. The van der Waals surface area contributed by atoms with Crippen LogP contribution in [-0.4, -0.2) is 55.2 Å². The molecular formula is C13H25N3O3. The highest BCUT2D eigenvalue weighted by Crippen LogP contribution is 2.12. The number of ether oxygens (including phenoxy) is 1. The average Bonchev–Trinajstić information content (AvgIpc) is 2.27. The van der Waals surface area contributed by atoms with E-state index in [1.54, 1.807) is 7.11 Å². The van der Waals surface area contributed by atoms with Crippen molar-refractivity contribution in [3.05, 3.63) is 0 Å². The second-order valence-corrected chi connectivity index (χ2v) is 5.96. The predicted molar refractivity (Wildman–Crippen MR) is 72.9 cm³/mol. The molecular weight excluding hydrogens is 246 g/mol. The normalized spacial score (nSPS) is 18.1. The van der Waals surface area contributed by atoms with E-state index in [4.69, 9.17) is 4.74 Å². The standard InChI is InChI=1S/C13H25N3O3/c1-13(2,3)15-12(18)14-11(17)9-16-7-5-10(19-4)6-8-16/h10H,5-9H2,1-4H3,(H2,14,15,17,18). The number of nitrogens with one attached hydrogen (secondary N) is 2. The first kappa shape index (κ1) is 15.9. The maximum atomic E-state index is 11.7. The van der Waals surface area contributed by atoms with Crippen LogP contribution in [0.4, 0.5) is 4.79 Å². The van der Waals surface area contributed by atoms with Gasteiger partial charge in [0.05, 0.1) is 12.6 Å². The first-order chi connectivity index (χ1) is 8.80. The van der Waals surface area contributed by atoms with Crippen LogP contribution < -0.4 is 10.6 Å². The zero-order valence-electron chi connectivity index (χ0n) is 12.3. The van der Waals surface area contributed by atoms with Gasteiger partial charge in [0, 0.05) is 25.7 Å². The van der Waals surface area contributed by atoms with E-state index in [2.05, 4.69) is 10.6 Å². The topological polar surface area (TPSA) is 70.7 Å². The van der Waals surface area contributed by atoms with Crippen molar-refractivity contribution >= 4 is 11.9 Å². The Morgan fingerprint density at radius 1 is 1.26 bits per heavy atom. The number of methoxy groups -OCH3 is 1. The fourth-order valence-electron chi connectivity index (χ4n) is 2.04. The fraction of sp³-hybridized carbons (Fsp3) is 0.846. The van der Waals surface area contributed by atoms with Crippen molar-refractivity contribution < 1.29 is 14.3 Å². The summed E-state index contributed by atoms with van der Waals surface area (Å²) in [7, 11) is 1.71. The van der Waals surface area contributed by atoms with Gasteiger partial charge in [-0.3, -0.25) is 15.0 Å². The number of likely N-dealkylation sites (tertiary alicyclic amines) is 1. The summed E-state index contributed by atoms with van der Waals surface area (Å²) in [6.07, 6.45) is 2.15. The van der Waals surface area contributed by atoms with Gasteiger partial charge in [-0.2, -0.15) is 0 Å². The Bertz CT molecular complexity index is 318. The van der Waals surface area contributed by atoms with Crippen molar-refractivity contribution in [2.24, 2.45) is 0 Å². The molecule has 1 aliphatic rings. The van der Waals surface area contributed by atoms with Crippen LogP contribution in [0.5, 0.6) is 0 Å². The molecule has 0 atom stereocenters. The quantitative estimate of drug-likeness (QED) is 0.793. The fourth-order valence-corrected chi connectivity index (χ4v) is 2.04. The molecule has 1 heterocycles. The minimum atomic E-state index is -0.440. The second kappa shape index (κ2) is 6.86. The molecule has 1 aliphatic heterocycles. The molecule has 6 heteroatoms. The summed E-state index contributed by atoms with van der Waals surface area (Å²) in [6, 6.07) is -0.440. The summed E-state index contributed by atoms with van der Waals surface area (Å²) >= 11 is 0. The highest BCUT2D eigenvalue weighted by atomic mass is 16.5. The zero-order chi connectivity index (χ0) is 14.5. The number of carbonyl (C=O) groups excluding carboxylic acids is 2. The van der Waals surface area contributed by atoms with Crippen molar-refractivity contribution in [1.29, 1.82) is 0 Å². The SMILES string of the molecule is COC1CCN(CC(=O)NC(=O)NC(C)(C)C)CC1. The molecule has 0 aromatic heterocycles. The van der Waals surface area contributed by atoms with Gasteiger partial charge in [-0.15, -0.1) is 0 Å². The molecule has 19 heavy (non-hydrogen) atoms. The molecule has 0 aromatic carbocycles. The van der Waals surface area contributed by atoms with Gasteiger partial charge in [-0.25, -0.2) is 4.79 Å². The molecule has 0 aromatic rings. The van der Waals surface area contributed by atoms with E-state index in [1.165, 1.54) is 0 Å². The molecule has 1 rings (SSSR count). The van der Waals surface area contributed by atoms with Crippen LogP contribution in [0, 0.1) is 0 Å².